The van der Waals surface area contributed by atoms with Gasteiger partial charge in [0.2, 0.25) is 11.8 Å². The highest BCUT2D eigenvalue weighted by Crippen LogP contribution is 2.37. The van der Waals surface area contributed by atoms with Crippen LogP contribution in [0.4, 0.5) is 20.2 Å². The number of carbonyl (C=O) groups is 3. The Morgan fingerprint density at radius 3 is 2.39 bits per heavy atom. The van der Waals surface area contributed by atoms with E-state index in [1.165, 1.54) is 13.2 Å². The van der Waals surface area contributed by atoms with Gasteiger partial charge in [-0.2, -0.15) is 5.10 Å². The summed E-state index contributed by atoms with van der Waals surface area (Å²) in [6, 6.07) is 12.6. The zero-order chi connectivity index (χ0) is 39.2. The number of nitrogens with one attached hydrogen (secondary N) is 2. The lowest BCUT2D eigenvalue weighted by Crippen LogP contribution is -2.45. The van der Waals surface area contributed by atoms with Gasteiger partial charge in [-0.3, -0.25) is 33.5 Å². The molecule has 1 saturated carbocycles. The number of para-hydroxylation sites is 1. The van der Waals surface area contributed by atoms with E-state index >= 15 is 0 Å². The summed E-state index contributed by atoms with van der Waals surface area (Å²) in [6.45, 7) is 2.71. The molecule has 1 aliphatic carbocycles. The van der Waals surface area contributed by atoms with Crippen LogP contribution >= 0.6 is 0 Å². The number of nitrogens with zero attached hydrogens (tertiary/aromatic N) is 6. The Morgan fingerprint density at radius 2 is 1.70 bits per heavy atom. The second kappa shape index (κ2) is 15.2. The number of halogens is 2. The van der Waals surface area contributed by atoms with E-state index in [-0.39, 0.29) is 24.1 Å². The van der Waals surface area contributed by atoms with Crippen molar-refractivity contribution in [3.05, 3.63) is 82.4 Å². The first kappa shape index (κ1) is 37.4. The summed E-state index contributed by atoms with van der Waals surface area (Å²) >= 11 is 0. The molecule has 13 nitrogen and oxygen atoms in total. The number of aryl methyl sites for hydroxylation is 1. The lowest BCUT2D eigenvalue weighted by molar-refractivity contribution is -0.135. The maximum absolute atomic E-state index is 14.3. The quantitative estimate of drug-likeness (QED) is 0.187. The van der Waals surface area contributed by atoms with Gasteiger partial charge < -0.3 is 19.9 Å². The third-order valence-electron chi connectivity index (χ3n) is 12.0. The third kappa shape index (κ3) is 6.92. The number of ether oxygens (including phenoxy) is 1. The van der Waals surface area contributed by atoms with Crippen molar-refractivity contribution in [1.29, 1.82) is 0 Å². The molecule has 0 radical (unpaired) electrons. The number of aromatic nitrogens is 4. The number of methoxy groups -OCH3 is 1. The molecular weight excluding hydrogens is 722 g/mol. The van der Waals surface area contributed by atoms with E-state index < -0.39 is 35.1 Å². The fourth-order valence-corrected chi connectivity index (χ4v) is 9.02. The second-order valence-corrected chi connectivity index (χ2v) is 15.4. The lowest BCUT2D eigenvalue weighted by atomic mass is 9.85. The first-order valence-corrected chi connectivity index (χ1v) is 19.3. The number of rotatable bonds is 9. The number of benzene rings is 3. The maximum Gasteiger partial charge on any atom is 0.329 e. The molecule has 2 aromatic heterocycles. The Bertz CT molecular complexity index is 2370. The number of anilines is 2. The maximum atomic E-state index is 14.3. The molecule has 1 unspecified atom stereocenters. The zero-order valence-corrected chi connectivity index (χ0v) is 31.8. The van der Waals surface area contributed by atoms with Crippen molar-refractivity contribution in [2.75, 3.05) is 44.0 Å². The van der Waals surface area contributed by atoms with E-state index in [0.29, 0.717) is 40.9 Å². The van der Waals surface area contributed by atoms with Gasteiger partial charge in [0.1, 0.15) is 29.0 Å². The lowest BCUT2D eigenvalue weighted by Gasteiger charge is -2.40. The minimum Gasteiger partial charge on any atom is -0.494 e. The predicted octanol–water partition coefficient (Wildman–Crippen LogP) is 5.54. The molecule has 8 rings (SSSR count). The molecule has 56 heavy (non-hydrogen) atoms. The fourth-order valence-electron chi connectivity index (χ4n) is 9.02. The summed E-state index contributed by atoms with van der Waals surface area (Å²) in [5.74, 6) is -2.61. The summed E-state index contributed by atoms with van der Waals surface area (Å²) in [5, 5.41) is 10.6. The van der Waals surface area contributed by atoms with Crippen LogP contribution in [0.2, 0.25) is 0 Å². The molecule has 5 aromatic rings. The average Bonchev–Trinajstić information content (AvgIpc) is 3.72. The molecule has 2 N–H and O–H groups in total. The van der Waals surface area contributed by atoms with Gasteiger partial charge in [0.25, 0.3) is 5.91 Å². The van der Waals surface area contributed by atoms with Crippen LogP contribution in [-0.2, 0) is 16.6 Å². The van der Waals surface area contributed by atoms with E-state index in [1.807, 2.05) is 29.1 Å². The van der Waals surface area contributed by atoms with Gasteiger partial charge in [0.15, 0.2) is 0 Å². The van der Waals surface area contributed by atoms with Crippen LogP contribution in [0.5, 0.6) is 5.75 Å². The van der Waals surface area contributed by atoms with Crippen LogP contribution in [0.1, 0.15) is 73.8 Å². The molecule has 1 atom stereocenters. The summed E-state index contributed by atoms with van der Waals surface area (Å²) in [4.78, 5) is 55.6. The van der Waals surface area contributed by atoms with Gasteiger partial charge in [0, 0.05) is 56.8 Å². The van der Waals surface area contributed by atoms with Gasteiger partial charge in [0.05, 0.1) is 41.1 Å². The molecular formula is C41H46F2N8O5. The van der Waals surface area contributed by atoms with Gasteiger partial charge in [-0.25, -0.2) is 13.6 Å². The Kier molecular flexibility index (Phi) is 10.1. The highest BCUT2D eigenvalue weighted by molar-refractivity contribution is 6.06. The fraction of sp³-hybridized carbons (Fsp3) is 0.439. The highest BCUT2D eigenvalue weighted by Gasteiger charge is 2.33. The van der Waals surface area contributed by atoms with E-state index in [4.69, 9.17) is 9.84 Å². The van der Waals surface area contributed by atoms with Crippen molar-refractivity contribution < 1.29 is 27.9 Å². The van der Waals surface area contributed by atoms with Crippen LogP contribution in [0, 0.1) is 17.6 Å². The van der Waals surface area contributed by atoms with Crippen LogP contribution < -0.4 is 26.0 Å². The van der Waals surface area contributed by atoms with Crippen molar-refractivity contribution in [3.63, 3.8) is 0 Å². The highest BCUT2D eigenvalue weighted by atomic mass is 19.1. The SMILES string of the molecule is COc1cc2nn(C3CCC(CN(C)C4CCN(c5cccc6c5n(C)c(=O)n6C5CCC(=O)NC5=O)CC4)CC3)cc2cc1NC(=O)c1c(F)cccc1F. The minimum absolute atomic E-state index is 0.204. The second-order valence-electron chi connectivity index (χ2n) is 15.4. The monoisotopic (exact) mass is 768 g/mol. The molecule has 3 fully saturated rings. The van der Waals surface area contributed by atoms with E-state index in [1.54, 1.807) is 28.3 Å². The average molecular weight is 769 g/mol. The normalized spacial score (nSPS) is 20.9. The standard InChI is InChI=1S/C41H46F2N8O5/c1-47(26-16-18-49(19-17-26)32-8-5-9-33-38(32)48(2)41(55)51(33)34-14-15-36(52)45-39(34)53)22-24-10-12-27(13-11-24)50-23-25-20-31(35(56-3)21-30(25)46-50)44-40(54)37-28(42)6-4-7-29(37)43/h4-9,20-21,23-24,26-27,34H,10-19,22H2,1-3H3,(H,44,54)(H,45,52,53). The van der Waals surface area contributed by atoms with E-state index in [0.717, 1.165) is 86.9 Å². The van der Waals surface area contributed by atoms with Crippen molar-refractivity contribution in [2.45, 2.75) is 69.5 Å². The molecule has 2 saturated heterocycles. The molecule has 0 bridgehead atoms. The molecule has 15 heteroatoms. The van der Waals surface area contributed by atoms with E-state index in [9.17, 15) is 28.0 Å². The number of piperidine rings is 2. The number of amides is 3. The molecule has 294 valence electrons. The van der Waals surface area contributed by atoms with Gasteiger partial charge in [-0.1, -0.05) is 12.1 Å². The minimum atomic E-state index is -0.941. The largest absolute Gasteiger partial charge is 0.494 e. The molecule has 3 aromatic carbocycles. The molecule has 3 aliphatic rings. The molecule has 3 amide bonds. The van der Waals surface area contributed by atoms with Gasteiger partial charge in [-0.05, 0) is 88.2 Å². The topological polar surface area (TPSA) is 136 Å². The van der Waals surface area contributed by atoms with Crippen molar-refractivity contribution >= 4 is 51.0 Å². The summed E-state index contributed by atoms with van der Waals surface area (Å²) in [5.41, 5.74) is 2.59. The third-order valence-corrected chi connectivity index (χ3v) is 12.0. The Hall–Kier alpha value is -5.57. The van der Waals surface area contributed by atoms with Gasteiger partial charge in [-0.15, -0.1) is 0 Å². The predicted molar refractivity (Wildman–Crippen MR) is 208 cm³/mol. The number of carbonyl (C=O) groups excluding carboxylic acids is 3. The summed E-state index contributed by atoms with van der Waals surface area (Å²) < 4.78 is 39.2. The number of hydrogen-bond acceptors (Lipinski definition) is 8. The number of imide groups is 1. The number of fused-ring (bicyclic) bond motifs is 2. The molecule has 0 spiro atoms. The molecule has 4 heterocycles. The zero-order valence-electron chi connectivity index (χ0n) is 31.8. The summed E-state index contributed by atoms with van der Waals surface area (Å²) in [7, 11) is 5.44. The van der Waals surface area contributed by atoms with Crippen molar-refractivity contribution in [2.24, 2.45) is 13.0 Å². The number of hydrogen-bond donors (Lipinski definition) is 2. The van der Waals surface area contributed by atoms with Crippen LogP contribution in [0.3, 0.4) is 0 Å². The van der Waals surface area contributed by atoms with Crippen molar-refractivity contribution in [3.8, 4) is 5.75 Å². The van der Waals surface area contributed by atoms with Crippen molar-refractivity contribution in [1.82, 2.24) is 29.1 Å². The Morgan fingerprint density at radius 1 is 0.982 bits per heavy atom. The Labute approximate surface area is 322 Å². The molecule has 2 aliphatic heterocycles. The Balaban J connectivity index is 0.871. The van der Waals surface area contributed by atoms with E-state index in [2.05, 4.69) is 27.5 Å². The van der Waals surface area contributed by atoms with Crippen LogP contribution in [0.15, 0.2) is 59.5 Å². The summed E-state index contributed by atoms with van der Waals surface area (Å²) in [6.07, 6.45) is 8.57. The smallest absolute Gasteiger partial charge is 0.329 e. The number of imidazole rings is 1. The van der Waals surface area contributed by atoms with Gasteiger partial charge >= 0.3 is 5.69 Å². The van der Waals surface area contributed by atoms with Crippen LogP contribution in [-0.4, -0.2) is 81.4 Å². The first-order chi connectivity index (χ1) is 27.0. The first-order valence-electron chi connectivity index (χ1n) is 19.3. The van der Waals surface area contributed by atoms with Crippen LogP contribution in [0.25, 0.3) is 21.9 Å².